The number of fused-ring (bicyclic) bond motifs is 4. The molecule has 412 valence electrons. The Bertz CT molecular complexity index is 5510. The van der Waals surface area contributed by atoms with E-state index in [0.717, 1.165) is 99.7 Å². The normalized spacial score (nSPS) is 12.0. The van der Waals surface area contributed by atoms with Crippen LogP contribution >= 0.6 is 0 Å². The molecule has 0 unspecified atom stereocenters. The summed E-state index contributed by atoms with van der Waals surface area (Å²) in [5.41, 5.74) is 16.5. The Morgan fingerprint density at radius 3 is 1.39 bits per heavy atom. The van der Waals surface area contributed by atoms with Crippen molar-refractivity contribution in [2.75, 3.05) is 0 Å². The Labute approximate surface area is 517 Å². The lowest BCUT2D eigenvalue weighted by Crippen LogP contribution is -1.97. The average Bonchev–Trinajstić information content (AvgIpc) is 0.899. The van der Waals surface area contributed by atoms with Crippen LogP contribution in [0.2, 0.25) is 0 Å². The van der Waals surface area contributed by atoms with Crippen LogP contribution in [0.4, 0.5) is 0 Å². The van der Waals surface area contributed by atoms with Gasteiger partial charge in [-0.3, -0.25) is 9.97 Å². The van der Waals surface area contributed by atoms with Crippen LogP contribution in [0.15, 0.2) is 328 Å². The lowest BCUT2D eigenvalue weighted by molar-refractivity contribution is 1.18. The smallest absolute Gasteiger partial charge is 0.160 e. The molecule has 4 aromatic heterocycles. The molecule has 0 aliphatic carbocycles. The number of nitrogens with zero attached hydrogens (tertiary/aromatic N) is 6. The van der Waals surface area contributed by atoms with Crippen LogP contribution in [0.3, 0.4) is 0 Å². The zero-order valence-corrected chi connectivity index (χ0v) is 47.5. The first-order valence-electron chi connectivity index (χ1n) is 31.6. The quantitative estimate of drug-likeness (QED) is 0.136. The maximum absolute atomic E-state index is 8.51. The van der Waals surface area contributed by atoms with E-state index in [1.54, 1.807) is 12.4 Å². The molecule has 12 aromatic carbocycles. The second-order valence-corrected chi connectivity index (χ2v) is 21.5. The largest absolute Gasteiger partial charge is 0.264 e. The predicted molar refractivity (Wildman–Crippen MR) is 364 cm³/mol. The second-order valence-electron chi connectivity index (χ2n) is 21.5. The van der Waals surface area contributed by atoms with Crippen molar-refractivity contribution in [2.45, 2.75) is 0 Å². The fourth-order valence-corrected chi connectivity index (χ4v) is 11.7. The monoisotopic (exact) mass is 1130 g/mol. The number of hydrogen-bond donors (Lipinski definition) is 0. The standard InChI is InChI=1S/C45H29N3.C37H25N3/c1-2-12-32-24-34(23-22-30(32)10-1)33-15-7-18-37(25-33)44-43(29-47-45(48-44)41-21-9-14-31-11-3-5-19-39(31)41)36-17-8-16-35(26-36)42-28-46-27-38-13-4-6-20-40(38)42;1-2-9-29(10-3-1)37-39-25-35(33-13-6-12-31(23-33)34-14-7-21-38-24-34)36(40-37)28-18-15-27(16-19-28)32-20-17-26-8-4-5-11-30(26)22-32/h1-29H;1-25H/i;1D,2D,3D,9D,10D. The van der Waals surface area contributed by atoms with Crippen molar-refractivity contribution in [2.24, 2.45) is 0 Å². The van der Waals surface area contributed by atoms with E-state index in [1.165, 1.54) is 32.5 Å². The first-order valence-corrected chi connectivity index (χ1v) is 29.1. The molecule has 0 saturated carbocycles. The van der Waals surface area contributed by atoms with Crippen LogP contribution in [0, 0.1) is 0 Å². The summed E-state index contributed by atoms with van der Waals surface area (Å²) in [6, 6.07) is 88.2. The first-order chi connectivity index (χ1) is 45.7. The van der Waals surface area contributed by atoms with Gasteiger partial charge in [0.25, 0.3) is 0 Å². The van der Waals surface area contributed by atoms with Crippen molar-refractivity contribution in [1.82, 2.24) is 29.9 Å². The second kappa shape index (κ2) is 23.7. The summed E-state index contributed by atoms with van der Waals surface area (Å²) in [6.07, 6.45) is 11.1. The van der Waals surface area contributed by atoms with Gasteiger partial charge in [-0.15, -0.1) is 0 Å². The van der Waals surface area contributed by atoms with E-state index in [0.29, 0.717) is 11.5 Å². The third kappa shape index (κ3) is 10.7. The Morgan fingerprint density at radius 1 is 0.239 bits per heavy atom. The Kier molecular flexibility index (Phi) is 12.8. The molecule has 0 N–H and O–H groups in total. The van der Waals surface area contributed by atoms with Gasteiger partial charge >= 0.3 is 0 Å². The maximum Gasteiger partial charge on any atom is 0.160 e. The van der Waals surface area contributed by atoms with Crippen molar-refractivity contribution < 1.29 is 6.85 Å². The van der Waals surface area contributed by atoms with Crippen LogP contribution in [0.1, 0.15) is 6.85 Å². The summed E-state index contributed by atoms with van der Waals surface area (Å²) in [4.78, 5) is 28.6. The van der Waals surface area contributed by atoms with Gasteiger partial charge in [0.1, 0.15) is 0 Å². The molecule has 0 aliphatic heterocycles. The van der Waals surface area contributed by atoms with Crippen LogP contribution in [0.5, 0.6) is 0 Å². The predicted octanol–water partition coefficient (Wildman–Crippen LogP) is 21.0. The van der Waals surface area contributed by atoms with Crippen LogP contribution in [-0.4, -0.2) is 29.9 Å². The van der Waals surface area contributed by atoms with Gasteiger partial charge in [0.05, 0.1) is 18.2 Å². The molecule has 16 rings (SSSR count). The highest BCUT2D eigenvalue weighted by atomic mass is 14.9. The average molecular weight is 1130 g/mol. The molecule has 6 heteroatoms. The van der Waals surface area contributed by atoms with Gasteiger partial charge in [-0.2, -0.15) is 0 Å². The van der Waals surface area contributed by atoms with E-state index in [2.05, 4.69) is 203 Å². The zero-order chi connectivity index (χ0) is 62.9. The number of rotatable bonds is 10. The summed E-state index contributed by atoms with van der Waals surface area (Å²) >= 11 is 0. The van der Waals surface area contributed by atoms with Gasteiger partial charge in [0, 0.05) is 87.1 Å². The van der Waals surface area contributed by atoms with Crippen molar-refractivity contribution in [3.63, 3.8) is 0 Å². The Balaban J connectivity index is 0.000000154. The van der Waals surface area contributed by atoms with Crippen molar-refractivity contribution >= 4 is 43.1 Å². The third-order valence-corrected chi connectivity index (χ3v) is 16.1. The molecule has 0 saturated heterocycles. The van der Waals surface area contributed by atoms with Crippen LogP contribution in [0.25, 0.3) is 155 Å². The van der Waals surface area contributed by atoms with E-state index in [1.807, 2.05) is 97.6 Å². The summed E-state index contributed by atoms with van der Waals surface area (Å²) in [7, 11) is 0. The van der Waals surface area contributed by atoms with Gasteiger partial charge in [-0.1, -0.05) is 255 Å². The zero-order valence-electron chi connectivity index (χ0n) is 52.5. The van der Waals surface area contributed by atoms with E-state index in [-0.39, 0.29) is 23.5 Å². The van der Waals surface area contributed by atoms with Gasteiger partial charge in [-0.05, 0) is 119 Å². The molecule has 0 radical (unpaired) electrons. The summed E-state index contributed by atoms with van der Waals surface area (Å²) < 4.78 is 41.4. The van der Waals surface area contributed by atoms with E-state index in [4.69, 9.17) is 21.8 Å². The number of hydrogen-bond acceptors (Lipinski definition) is 6. The SMILES string of the molecule is [2H]c1c([2H])c([2H])c(-c2ncc(-c3cccc(-c4cccnc4)c3)c(-c3ccc(-c4ccc5ccccc5c4)cc3)n2)c([2H])c1[2H].c1cc(-c2ccc3ccccc3c2)cc(-c2nc(-c3cccc4ccccc34)ncc2-c2cccc(-c3cncc4ccccc34)c2)c1. The molecule has 0 atom stereocenters. The fraction of sp³-hybridized carbons (Fsp3) is 0. The van der Waals surface area contributed by atoms with Gasteiger partial charge in [0.15, 0.2) is 11.6 Å². The lowest BCUT2D eigenvalue weighted by Gasteiger charge is -2.15. The highest BCUT2D eigenvalue weighted by molar-refractivity contribution is 5.99. The van der Waals surface area contributed by atoms with Gasteiger partial charge < -0.3 is 0 Å². The minimum absolute atomic E-state index is 0.0364. The maximum atomic E-state index is 8.51. The highest BCUT2D eigenvalue weighted by Gasteiger charge is 2.18. The van der Waals surface area contributed by atoms with Crippen LogP contribution in [-0.2, 0) is 0 Å². The number of pyridine rings is 2. The van der Waals surface area contributed by atoms with E-state index >= 15 is 0 Å². The summed E-state index contributed by atoms with van der Waals surface area (Å²) in [5, 5.41) is 9.39. The molecule has 16 aromatic rings. The van der Waals surface area contributed by atoms with Gasteiger partial charge in [-0.25, -0.2) is 19.9 Å². The Morgan fingerprint density at radius 2 is 0.705 bits per heavy atom. The molecule has 4 heterocycles. The molecule has 0 spiro atoms. The molecule has 88 heavy (non-hydrogen) atoms. The topological polar surface area (TPSA) is 77.3 Å². The number of benzene rings is 12. The first kappa shape index (κ1) is 47.5. The lowest BCUT2D eigenvalue weighted by atomic mass is 9.94. The van der Waals surface area contributed by atoms with Crippen LogP contribution < -0.4 is 0 Å². The third-order valence-electron chi connectivity index (χ3n) is 16.1. The number of aromatic nitrogens is 6. The van der Waals surface area contributed by atoms with E-state index < -0.39 is 18.1 Å². The minimum Gasteiger partial charge on any atom is -0.264 e. The van der Waals surface area contributed by atoms with Crippen molar-refractivity contribution in [1.29, 1.82) is 0 Å². The molecular formula is C82H54N6. The molecule has 0 aliphatic rings. The fourth-order valence-electron chi connectivity index (χ4n) is 11.7. The Hall–Kier alpha value is -11.9. The summed E-state index contributed by atoms with van der Waals surface area (Å²) in [6.45, 7) is 0. The summed E-state index contributed by atoms with van der Waals surface area (Å²) in [5.74, 6) is 0.767. The molecular weight excluding hydrogens is 1070 g/mol. The molecule has 0 amide bonds. The van der Waals surface area contributed by atoms with E-state index in [9.17, 15) is 0 Å². The highest BCUT2D eigenvalue weighted by Crippen LogP contribution is 2.40. The molecule has 6 nitrogen and oxygen atoms in total. The van der Waals surface area contributed by atoms with Crippen molar-refractivity contribution in [3.8, 4) is 112 Å². The van der Waals surface area contributed by atoms with Gasteiger partial charge in [0.2, 0.25) is 0 Å². The molecule has 0 bridgehead atoms. The molecule has 0 fully saturated rings. The van der Waals surface area contributed by atoms with Crippen molar-refractivity contribution in [3.05, 3.63) is 328 Å². The minimum atomic E-state index is -0.456.